The molecule has 2 aromatic carbocycles. The van der Waals surface area contributed by atoms with E-state index in [0.717, 1.165) is 31.6 Å². The first kappa shape index (κ1) is 18.9. The van der Waals surface area contributed by atoms with Crippen LogP contribution in [0.15, 0.2) is 48.5 Å². The van der Waals surface area contributed by atoms with Crippen LogP contribution >= 0.6 is 0 Å². The highest BCUT2D eigenvalue weighted by Gasteiger charge is 2.31. The van der Waals surface area contributed by atoms with E-state index < -0.39 is 0 Å². The Morgan fingerprint density at radius 2 is 1.93 bits per heavy atom. The van der Waals surface area contributed by atoms with E-state index in [4.69, 9.17) is 0 Å². The maximum absolute atomic E-state index is 12.7. The van der Waals surface area contributed by atoms with E-state index in [1.165, 1.54) is 11.1 Å². The number of hydrogen-bond acceptors (Lipinski definition) is 5. The molecular weight excluding hydrogens is 352 g/mol. The van der Waals surface area contributed by atoms with E-state index in [2.05, 4.69) is 52.3 Å². The molecule has 28 heavy (non-hydrogen) atoms. The Hall–Kier alpha value is -2.41. The standard InChI is InChI=1S/C22H28N4O2/c1-15(13-26-11-10-16-4-2-3-5-18(16)14-26)23-22(28)21-12-20(24-25-21)17-6-8-19(27)9-7-17/h2-9,15,20-21,24-25,27H,10-14H2,1H3,(H,23,28). The molecule has 4 rings (SSSR count). The molecule has 1 saturated heterocycles. The van der Waals surface area contributed by atoms with Gasteiger partial charge in [0.15, 0.2) is 0 Å². The molecule has 4 N–H and O–H groups in total. The van der Waals surface area contributed by atoms with Gasteiger partial charge in [-0.25, -0.2) is 10.9 Å². The monoisotopic (exact) mass is 380 g/mol. The second-order valence-electron chi connectivity index (χ2n) is 7.88. The molecule has 2 aliphatic rings. The van der Waals surface area contributed by atoms with Crippen LogP contribution in [0.4, 0.5) is 0 Å². The first-order valence-electron chi connectivity index (χ1n) is 9.98. The number of hydrazine groups is 1. The van der Waals surface area contributed by atoms with Gasteiger partial charge in [-0.05, 0) is 48.6 Å². The first-order chi connectivity index (χ1) is 13.6. The molecule has 6 nitrogen and oxygen atoms in total. The van der Waals surface area contributed by atoms with Crippen molar-refractivity contribution in [1.82, 2.24) is 21.1 Å². The van der Waals surface area contributed by atoms with Gasteiger partial charge in [-0.1, -0.05) is 36.4 Å². The third kappa shape index (κ3) is 4.35. The number of phenols is 1. The van der Waals surface area contributed by atoms with Crippen LogP contribution in [0.1, 0.15) is 36.1 Å². The fourth-order valence-corrected chi connectivity index (χ4v) is 4.14. The summed E-state index contributed by atoms with van der Waals surface area (Å²) in [7, 11) is 0. The molecule has 148 valence electrons. The minimum absolute atomic E-state index is 0.0266. The highest BCUT2D eigenvalue weighted by Crippen LogP contribution is 2.24. The molecule has 1 amide bonds. The molecule has 2 aliphatic heterocycles. The summed E-state index contributed by atoms with van der Waals surface area (Å²) in [5, 5.41) is 12.6. The molecular formula is C22H28N4O2. The zero-order chi connectivity index (χ0) is 19.5. The summed E-state index contributed by atoms with van der Waals surface area (Å²) >= 11 is 0. The van der Waals surface area contributed by atoms with Crippen molar-refractivity contribution in [3.63, 3.8) is 0 Å². The van der Waals surface area contributed by atoms with Crippen molar-refractivity contribution < 1.29 is 9.90 Å². The SMILES string of the molecule is CC(CN1CCc2ccccc2C1)NC(=O)C1CC(c2ccc(O)cc2)NN1. The lowest BCUT2D eigenvalue weighted by Crippen LogP contribution is -2.49. The summed E-state index contributed by atoms with van der Waals surface area (Å²) < 4.78 is 0. The molecule has 0 aromatic heterocycles. The summed E-state index contributed by atoms with van der Waals surface area (Å²) in [4.78, 5) is 15.1. The fraction of sp³-hybridized carbons (Fsp3) is 0.409. The third-order valence-corrected chi connectivity index (χ3v) is 5.65. The van der Waals surface area contributed by atoms with Crippen molar-refractivity contribution in [2.45, 2.75) is 44.4 Å². The zero-order valence-electron chi connectivity index (χ0n) is 16.2. The molecule has 0 spiro atoms. The average Bonchev–Trinajstić information content (AvgIpc) is 3.19. The largest absolute Gasteiger partial charge is 0.508 e. The quantitative estimate of drug-likeness (QED) is 0.637. The van der Waals surface area contributed by atoms with Gasteiger partial charge in [-0.3, -0.25) is 9.69 Å². The van der Waals surface area contributed by atoms with Crippen LogP contribution < -0.4 is 16.2 Å². The highest BCUT2D eigenvalue weighted by atomic mass is 16.3. The van der Waals surface area contributed by atoms with Crippen LogP contribution in [0, 0.1) is 0 Å². The molecule has 0 radical (unpaired) electrons. The Morgan fingerprint density at radius 1 is 1.18 bits per heavy atom. The van der Waals surface area contributed by atoms with E-state index in [0.29, 0.717) is 6.42 Å². The van der Waals surface area contributed by atoms with E-state index in [-0.39, 0.29) is 29.8 Å². The number of carbonyl (C=O) groups excluding carboxylic acids is 1. The maximum Gasteiger partial charge on any atom is 0.238 e. The normalized spacial score (nSPS) is 23.2. The van der Waals surface area contributed by atoms with Gasteiger partial charge in [0.1, 0.15) is 11.8 Å². The van der Waals surface area contributed by atoms with Crippen LogP contribution in [-0.2, 0) is 17.8 Å². The number of fused-ring (bicyclic) bond motifs is 1. The minimum atomic E-state index is -0.261. The van der Waals surface area contributed by atoms with E-state index in [9.17, 15) is 9.90 Å². The van der Waals surface area contributed by atoms with Gasteiger partial charge in [0.2, 0.25) is 5.91 Å². The van der Waals surface area contributed by atoms with Crippen molar-refractivity contribution in [3.8, 4) is 5.75 Å². The van der Waals surface area contributed by atoms with Crippen LogP contribution in [0.3, 0.4) is 0 Å². The Kier molecular flexibility index (Phi) is 5.62. The highest BCUT2D eigenvalue weighted by molar-refractivity contribution is 5.82. The zero-order valence-corrected chi connectivity index (χ0v) is 16.2. The van der Waals surface area contributed by atoms with E-state index in [1.54, 1.807) is 12.1 Å². The summed E-state index contributed by atoms with van der Waals surface area (Å²) in [6.45, 7) is 4.89. The van der Waals surface area contributed by atoms with Gasteiger partial charge < -0.3 is 10.4 Å². The van der Waals surface area contributed by atoms with Gasteiger partial charge in [0.25, 0.3) is 0 Å². The molecule has 2 aromatic rings. The Balaban J connectivity index is 1.26. The number of carbonyl (C=O) groups is 1. The number of phenolic OH excluding ortho intramolecular Hbond substituents is 1. The lowest BCUT2D eigenvalue weighted by Gasteiger charge is -2.31. The number of benzene rings is 2. The van der Waals surface area contributed by atoms with Crippen LogP contribution in [0.25, 0.3) is 0 Å². The molecule has 1 fully saturated rings. The van der Waals surface area contributed by atoms with Gasteiger partial charge in [-0.15, -0.1) is 0 Å². The van der Waals surface area contributed by atoms with Gasteiger partial charge in [0, 0.05) is 31.7 Å². The maximum atomic E-state index is 12.7. The fourth-order valence-electron chi connectivity index (χ4n) is 4.14. The number of hydrogen-bond donors (Lipinski definition) is 4. The second kappa shape index (κ2) is 8.31. The molecule has 3 atom stereocenters. The lowest BCUT2D eigenvalue weighted by molar-refractivity contribution is -0.123. The van der Waals surface area contributed by atoms with Crippen LogP contribution in [0.2, 0.25) is 0 Å². The smallest absolute Gasteiger partial charge is 0.238 e. The third-order valence-electron chi connectivity index (χ3n) is 5.65. The minimum Gasteiger partial charge on any atom is -0.508 e. The van der Waals surface area contributed by atoms with Gasteiger partial charge in [0.05, 0.1) is 0 Å². The first-order valence-corrected chi connectivity index (χ1v) is 9.98. The Labute approximate surface area is 165 Å². The number of nitrogens with one attached hydrogen (secondary N) is 3. The summed E-state index contributed by atoms with van der Waals surface area (Å²) in [6.07, 6.45) is 1.75. The number of aromatic hydroxyl groups is 1. The lowest BCUT2D eigenvalue weighted by atomic mass is 9.99. The van der Waals surface area contributed by atoms with Crippen molar-refractivity contribution in [2.24, 2.45) is 0 Å². The van der Waals surface area contributed by atoms with E-state index in [1.807, 2.05) is 12.1 Å². The van der Waals surface area contributed by atoms with Gasteiger partial charge >= 0.3 is 0 Å². The molecule has 2 heterocycles. The molecule has 6 heteroatoms. The Morgan fingerprint density at radius 3 is 2.71 bits per heavy atom. The predicted octanol–water partition coefficient (Wildman–Crippen LogP) is 1.86. The molecule has 0 saturated carbocycles. The second-order valence-corrected chi connectivity index (χ2v) is 7.88. The van der Waals surface area contributed by atoms with Crippen molar-refractivity contribution in [1.29, 1.82) is 0 Å². The van der Waals surface area contributed by atoms with Crippen molar-refractivity contribution in [2.75, 3.05) is 13.1 Å². The summed E-state index contributed by atoms with van der Waals surface area (Å²) in [6, 6.07) is 15.6. The molecule has 3 unspecified atom stereocenters. The van der Waals surface area contributed by atoms with E-state index >= 15 is 0 Å². The predicted molar refractivity (Wildman–Crippen MR) is 109 cm³/mol. The average molecular weight is 380 g/mol. The van der Waals surface area contributed by atoms with Crippen molar-refractivity contribution in [3.05, 3.63) is 65.2 Å². The van der Waals surface area contributed by atoms with Crippen LogP contribution in [0.5, 0.6) is 5.75 Å². The number of nitrogens with zero attached hydrogens (tertiary/aromatic N) is 1. The summed E-state index contributed by atoms with van der Waals surface area (Å²) in [5.41, 5.74) is 10.2. The number of rotatable bonds is 5. The number of amides is 1. The molecule has 0 aliphatic carbocycles. The van der Waals surface area contributed by atoms with Crippen molar-refractivity contribution >= 4 is 5.91 Å². The summed E-state index contributed by atoms with van der Waals surface area (Å²) in [5.74, 6) is 0.275. The topological polar surface area (TPSA) is 76.6 Å². The van der Waals surface area contributed by atoms with Crippen LogP contribution in [-0.4, -0.2) is 41.1 Å². The van der Waals surface area contributed by atoms with Gasteiger partial charge in [-0.2, -0.15) is 0 Å². The Bertz CT molecular complexity index is 824. The molecule has 0 bridgehead atoms.